The van der Waals surface area contributed by atoms with Crippen molar-refractivity contribution < 1.29 is 9.59 Å². The van der Waals surface area contributed by atoms with Crippen molar-refractivity contribution in [3.63, 3.8) is 0 Å². The number of nitrogens with two attached hydrogens (primary N) is 1. The summed E-state index contributed by atoms with van der Waals surface area (Å²) < 4.78 is 0. The molecule has 1 aromatic carbocycles. The van der Waals surface area contributed by atoms with E-state index in [9.17, 15) is 9.59 Å². The second kappa shape index (κ2) is 4.17. The fourth-order valence-electron chi connectivity index (χ4n) is 3.08. The Labute approximate surface area is 112 Å². The van der Waals surface area contributed by atoms with Gasteiger partial charge in [-0.2, -0.15) is 0 Å². The van der Waals surface area contributed by atoms with Crippen LogP contribution in [-0.2, 0) is 15.0 Å². The van der Waals surface area contributed by atoms with E-state index in [4.69, 9.17) is 5.73 Å². The molecular weight excluding hydrogens is 240 g/mol. The quantitative estimate of drug-likeness (QED) is 0.811. The van der Waals surface area contributed by atoms with Crippen LogP contribution in [0.1, 0.15) is 31.7 Å². The van der Waals surface area contributed by atoms with Crippen molar-refractivity contribution in [3.8, 4) is 0 Å². The summed E-state index contributed by atoms with van der Waals surface area (Å²) in [5.74, 6) is -0.131. The summed E-state index contributed by atoms with van der Waals surface area (Å²) in [7, 11) is 0. The van der Waals surface area contributed by atoms with Crippen LogP contribution in [-0.4, -0.2) is 28.8 Å². The second-order valence-electron chi connectivity index (χ2n) is 5.83. The molecule has 0 radical (unpaired) electrons. The molecule has 1 heterocycles. The lowest BCUT2D eigenvalue weighted by molar-refractivity contribution is -0.144. The monoisotopic (exact) mass is 258 g/mol. The maximum atomic E-state index is 12.6. The van der Waals surface area contributed by atoms with Gasteiger partial charge in [0, 0.05) is 18.5 Å². The van der Waals surface area contributed by atoms with Crippen molar-refractivity contribution in [3.05, 3.63) is 35.9 Å². The van der Waals surface area contributed by atoms with Crippen LogP contribution < -0.4 is 5.73 Å². The molecule has 4 heteroatoms. The van der Waals surface area contributed by atoms with E-state index in [1.54, 1.807) is 0 Å². The first kappa shape index (κ1) is 12.4. The highest BCUT2D eigenvalue weighted by molar-refractivity contribution is 6.09. The average molecular weight is 258 g/mol. The van der Waals surface area contributed by atoms with Gasteiger partial charge in [-0.15, -0.1) is 0 Å². The Morgan fingerprint density at radius 2 is 1.84 bits per heavy atom. The lowest BCUT2D eigenvalue weighted by Gasteiger charge is -2.38. The first-order chi connectivity index (χ1) is 9.02. The number of likely N-dealkylation sites (tertiary alicyclic amines) is 1. The van der Waals surface area contributed by atoms with Gasteiger partial charge in [-0.1, -0.05) is 30.3 Å². The van der Waals surface area contributed by atoms with Crippen molar-refractivity contribution in [1.29, 1.82) is 0 Å². The molecule has 2 aliphatic rings. The molecule has 4 nitrogen and oxygen atoms in total. The van der Waals surface area contributed by atoms with Gasteiger partial charge in [0.05, 0.1) is 5.41 Å². The molecule has 100 valence electrons. The Balaban J connectivity index is 1.90. The second-order valence-corrected chi connectivity index (χ2v) is 5.83. The number of amides is 2. The number of carbonyl (C=O) groups excluding carboxylic acids is 2. The molecule has 1 saturated heterocycles. The predicted octanol–water partition coefficient (Wildman–Crippen LogP) is 1.19. The van der Waals surface area contributed by atoms with E-state index in [1.165, 1.54) is 4.90 Å². The minimum absolute atomic E-state index is 0.0144. The summed E-state index contributed by atoms with van der Waals surface area (Å²) in [6.07, 6.45) is 1.74. The first-order valence-corrected chi connectivity index (χ1v) is 6.70. The van der Waals surface area contributed by atoms with E-state index in [1.807, 2.05) is 37.3 Å². The van der Waals surface area contributed by atoms with E-state index < -0.39 is 5.41 Å². The number of hydrogen-bond acceptors (Lipinski definition) is 3. The molecule has 1 aromatic rings. The molecule has 1 aliphatic heterocycles. The van der Waals surface area contributed by atoms with Crippen LogP contribution in [0.15, 0.2) is 30.3 Å². The summed E-state index contributed by atoms with van der Waals surface area (Å²) in [4.78, 5) is 26.3. The van der Waals surface area contributed by atoms with Gasteiger partial charge in [-0.05, 0) is 25.3 Å². The smallest absolute Gasteiger partial charge is 0.240 e. The summed E-state index contributed by atoms with van der Waals surface area (Å²) >= 11 is 0. The number of benzene rings is 1. The van der Waals surface area contributed by atoms with Gasteiger partial charge in [-0.3, -0.25) is 14.5 Å². The Hall–Kier alpha value is -1.68. The number of carbonyl (C=O) groups is 2. The molecular formula is C15H18N2O2. The molecule has 1 unspecified atom stereocenters. The van der Waals surface area contributed by atoms with Crippen LogP contribution in [0.25, 0.3) is 0 Å². The third-order valence-corrected chi connectivity index (χ3v) is 4.39. The van der Waals surface area contributed by atoms with Crippen molar-refractivity contribution in [2.75, 3.05) is 0 Å². The topological polar surface area (TPSA) is 63.4 Å². The van der Waals surface area contributed by atoms with Gasteiger partial charge < -0.3 is 5.73 Å². The van der Waals surface area contributed by atoms with Crippen molar-refractivity contribution in [2.45, 2.75) is 43.7 Å². The number of imide groups is 1. The van der Waals surface area contributed by atoms with Crippen LogP contribution in [0.5, 0.6) is 0 Å². The van der Waals surface area contributed by atoms with E-state index in [-0.39, 0.29) is 30.3 Å². The molecule has 2 amide bonds. The van der Waals surface area contributed by atoms with Crippen LogP contribution in [0.4, 0.5) is 0 Å². The molecule has 0 aromatic heterocycles. The minimum Gasteiger partial charge on any atom is -0.328 e. The van der Waals surface area contributed by atoms with E-state index in [0.717, 1.165) is 18.4 Å². The minimum atomic E-state index is -0.710. The van der Waals surface area contributed by atoms with Gasteiger partial charge in [0.25, 0.3) is 0 Å². The highest BCUT2D eigenvalue weighted by Crippen LogP contribution is 2.40. The molecule has 2 fully saturated rings. The highest BCUT2D eigenvalue weighted by atomic mass is 16.2. The normalized spacial score (nSPS) is 34.5. The lowest BCUT2D eigenvalue weighted by Crippen LogP contribution is -2.53. The van der Waals surface area contributed by atoms with Crippen LogP contribution in [0.3, 0.4) is 0 Å². The largest absolute Gasteiger partial charge is 0.328 e. The third kappa shape index (κ3) is 1.78. The van der Waals surface area contributed by atoms with E-state index in [0.29, 0.717) is 0 Å². The van der Waals surface area contributed by atoms with Gasteiger partial charge >= 0.3 is 0 Å². The highest BCUT2D eigenvalue weighted by Gasteiger charge is 2.53. The number of hydrogen-bond donors (Lipinski definition) is 1. The molecule has 1 atom stereocenters. The maximum absolute atomic E-state index is 12.6. The van der Waals surface area contributed by atoms with Crippen molar-refractivity contribution in [2.24, 2.45) is 5.73 Å². The fraction of sp³-hybridized carbons (Fsp3) is 0.467. The predicted molar refractivity (Wildman–Crippen MR) is 71.3 cm³/mol. The molecule has 1 saturated carbocycles. The standard InChI is InChI=1S/C15H18N2O2/c1-15(10-5-3-2-4-6-10)9-13(18)17(14(15)19)12-7-11(16)8-12/h2-6,11-12H,7-9,16H2,1H3. The molecule has 19 heavy (non-hydrogen) atoms. The Bertz CT molecular complexity index is 522. The Morgan fingerprint density at radius 3 is 2.42 bits per heavy atom. The lowest BCUT2D eigenvalue weighted by atomic mass is 9.80. The summed E-state index contributed by atoms with van der Waals surface area (Å²) in [6.45, 7) is 1.86. The Morgan fingerprint density at radius 1 is 1.21 bits per heavy atom. The summed E-state index contributed by atoms with van der Waals surface area (Å²) in [5.41, 5.74) is 5.96. The average Bonchev–Trinajstić information content (AvgIpc) is 2.59. The van der Waals surface area contributed by atoms with Crippen molar-refractivity contribution >= 4 is 11.8 Å². The first-order valence-electron chi connectivity index (χ1n) is 6.70. The number of rotatable bonds is 2. The van der Waals surface area contributed by atoms with Gasteiger partial charge in [0.15, 0.2) is 0 Å². The van der Waals surface area contributed by atoms with Gasteiger partial charge in [-0.25, -0.2) is 0 Å². The van der Waals surface area contributed by atoms with Crippen LogP contribution in [0, 0.1) is 0 Å². The van der Waals surface area contributed by atoms with Gasteiger partial charge in [0.1, 0.15) is 0 Å². The van der Waals surface area contributed by atoms with Crippen LogP contribution in [0.2, 0.25) is 0 Å². The zero-order chi connectivity index (χ0) is 13.6. The molecule has 1 aliphatic carbocycles. The summed E-state index contributed by atoms with van der Waals surface area (Å²) in [6, 6.07) is 9.70. The zero-order valence-electron chi connectivity index (χ0n) is 11.0. The molecule has 2 N–H and O–H groups in total. The van der Waals surface area contributed by atoms with Gasteiger partial charge in [0.2, 0.25) is 11.8 Å². The zero-order valence-corrected chi connectivity index (χ0v) is 11.0. The fourth-order valence-corrected chi connectivity index (χ4v) is 3.08. The maximum Gasteiger partial charge on any atom is 0.240 e. The Kier molecular flexibility index (Phi) is 2.71. The summed E-state index contributed by atoms with van der Waals surface area (Å²) in [5, 5.41) is 0. The van der Waals surface area contributed by atoms with E-state index in [2.05, 4.69) is 0 Å². The van der Waals surface area contributed by atoms with Crippen molar-refractivity contribution in [1.82, 2.24) is 4.90 Å². The molecule has 3 rings (SSSR count). The molecule has 0 bridgehead atoms. The number of nitrogens with zero attached hydrogens (tertiary/aromatic N) is 1. The molecule has 0 spiro atoms. The van der Waals surface area contributed by atoms with E-state index >= 15 is 0 Å². The third-order valence-electron chi connectivity index (χ3n) is 4.39. The van der Waals surface area contributed by atoms with Crippen LogP contribution >= 0.6 is 0 Å². The SMILES string of the molecule is CC1(c2ccccc2)CC(=O)N(C2CC(N)C2)C1=O.